The summed E-state index contributed by atoms with van der Waals surface area (Å²) in [6, 6.07) is 8.82. The Kier molecular flexibility index (Phi) is 5.13. The van der Waals surface area contributed by atoms with Crippen LogP contribution in [0.4, 0.5) is 0 Å². The van der Waals surface area contributed by atoms with Crippen LogP contribution in [-0.4, -0.2) is 25.0 Å². The molecule has 2 fully saturated rings. The van der Waals surface area contributed by atoms with E-state index in [-0.39, 0.29) is 17.9 Å². The highest BCUT2D eigenvalue weighted by atomic mass is 16.5. The molecule has 5 nitrogen and oxygen atoms in total. The van der Waals surface area contributed by atoms with Crippen LogP contribution in [0.25, 0.3) is 0 Å². The van der Waals surface area contributed by atoms with Gasteiger partial charge in [0, 0.05) is 11.6 Å². The minimum atomic E-state index is -0.654. The predicted octanol–water partition coefficient (Wildman–Crippen LogP) is 2.93. The van der Waals surface area contributed by atoms with E-state index < -0.39 is 5.41 Å². The predicted molar refractivity (Wildman–Crippen MR) is 95.6 cm³/mol. The minimum Gasteiger partial charge on any atom is -0.469 e. The summed E-state index contributed by atoms with van der Waals surface area (Å²) in [6.45, 7) is 3.94. The number of nitrogens with one attached hydrogen (secondary N) is 2. The zero-order chi connectivity index (χ0) is 18.0. The maximum atomic E-state index is 12.7. The molecule has 136 valence electrons. The van der Waals surface area contributed by atoms with Gasteiger partial charge in [0.05, 0.1) is 12.5 Å². The molecule has 0 aliphatic heterocycles. The molecule has 4 unspecified atom stereocenters. The topological polar surface area (TPSA) is 67.4 Å². The molecular formula is C20H28N2O3. The minimum absolute atomic E-state index is 0.195. The molecule has 0 aromatic heterocycles. The third-order valence-corrected chi connectivity index (χ3v) is 6.47. The van der Waals surface area contributed by atoms with Crippen LogP contribution in [0, 0.1) is 23.2 Å². The number of hydrogen-bond acceptors (Lipinski definition) is 4. The number of hydrogen-bond donors (Lipinski definition) is 2. The lowest BCUT2D eigenvalue weighted by Crippen LogP contribution is -2.57. The van der Waals surface area contributed by atoms with E-state index in [2.05, 4.69) is 10.9 Å². The Morgan fingerprint density at radius 1 is 1.20 bits per heavy atom. The quantitative estimate of drug-likeness (QED) is 0.615. The fraction of sp³-hybridized carbons (Fsp3) is 0.600. The van der Waals surface area contributed by atoms with Crippen LogP contribution in [0.1, 0.15) is 49.9 Å². The van der Waals surface area contributed by atoms with Crippen molar-refractivity contribution in [1.29, 1.82) is 0 Å². The molecule has 2 aliphatic carbocycles. The Bertz CT molecular complexity index is 633. The van der Waals surface area contributed by atoms with Crippen LogP contribution < -0.4 is 10.9 Å². The molecule has 5 atom stereocenters. The second-order valence-electron chi connectivity index (χ2n) is 7.74. The number of methoxy groups -OCH3 is 1. The summed E-state index contributed by atoms with van der Waals surface area (Å²) in [4.78, 5) is 25.0. The van der Waals surface area contributed by atoms with Crippen molar-refractivity contribution in [1.82, 2.24) is 10.9 Å². The van der Waals surface area contributed by atoms with Gasteiger partial charge in [0.1, 0.15) is 0 Å². The number of carbonyl (C=O) groups excluding carboxylic acids is 2. The molecule has 25 heavy (non-hydrogen) atoms. The molecule has 0 radical (unpaired) electrons. The fourth-order valence-corrected chi connectivity index (χ4v) is 4.83. The first kappa shape index (κ1) is 17.9. The van der Waals surface area contributed by atoms with Crippen molar-refractivity contribution in [3.8, 4) is 0 Å². The average molecular weight is 344 g/mol. The van der Waals surface area contributed by atoms with Crippen LogP contribution in [0.5, 0.6) is 0 Å². The van der Waals surface area contributed by atoms with Gasteiger partial charge in [0.2, 0.25) is 0 Å². The van der Waals surface area contributed by atoms with Crippen molar-refractivity contribution < 1.29 is 14.3 Å². The molecule has 2 N–H and O–H groups in total. The van der Waals surface area contributed by atoms with Gasteiger partial charge in [-0.05, 0) is 63.0 Å². The maximum Gasteiger partial charge on any atom is 0.313 e. The first-order valence-corrected chi connectivity index (χ1v) is 9.16. The van der Waals surface area contributed by atoms with Crippen molar-refractivity contribution in [3.63, 3.8) is 0 Å². The highest BCUT2D eigenvalue weighted by Gasteiger charge is 2.55. The summed E-state index contributed by atoms with van der Waals surface area (Å²) in [5, 5.41) is 0. The second-order valence-corrected chi connectivity index (χ2v) is 7.74. The van der Waals surface area contributed by atoms with Crippen LogP contribution in [0.3, 0.4) is 0 Å². The Labute approximate surface area is 149 Å². The van der Waals surface area contributed by atoms with Gasteiger partial charge in [-0.15, -0.1) is 0 Å². The molecule has 0 saturated heterocycles. The number of fused-ring (bicyclic) bond motifs is 2. The number of rotatable bonds is 6. The van der Waals surface area contributed by atoms with Crippen LogP contribution in [-0.2, 0) is 9.53 Å². The molecule has 2 aliphatic rings. The SMILES string of the molecule is COC(=O)C(C)(C1CC2CCC1C2)[C@H](C)NNC(=O)c1ccccc1. The third kappa shape index (κ3) is 3.30. The van der Waals surface area contributed by atoms with Gasteiger partial charge in [-0.2, -0.15) is 0 Å². The number of benzene rings is 1. The van der Waals surface area contributed by atoms with E-state index in [0.717, 1.165) is 12.3 Å². The van der Waals surface area contributed by atoms with E-state index in [1.54, 1.807) is 12.1 Å². The zero-order valence-corrected chi connectivity index (χ0v) is 15.2. The van der Waals surface area contributed by atoms with E-state index >= 15 is 0 Å². The van der Waals surface area contributed by atoms with Crippen molar-refractivity contribution in [2.75, 3.05) is 7.11 Å². The largest absolute Gasteiger partial charge is 0.469 e. The highest BCUT2D eigenvalue weighted by molar-refractivity contribution is 5.93. The summed E-state index contributed by atoms with van der Waals surface area (Å²) in [5.74, 6) is 1.23. The van der Waals surface area contributed by atoms with Gasteiger partial charge in [-0.1, -0.05) is 24.6 Å². The Morgan fingerprint density at radius 2 is 1.92 bits per heavy atom. The monoisotopic (exact) mass is 344 g/mol. The van der Waals surface area contributed by atoms with Gasteiger partial charge in [-0.3, -0.25) is 15.0 Å². The number of amides is 1. The zero-order valence-electron chi connectivity index (χ0n) is 15.2. The van der Waals surface area contributed by atoms with Gasteiger partial charge in [-0.25, -0.2) is 5.43 Å². The van der Waals surface area contributed by atoms with Crippen LogP contribution in [0.2, 0.25) is 0 Å². The van der Waals surface area contributed by atoms with E-state index in [0.29, 0.717) is 17.4 Å². The lowest BCUT2D eigenvalue weighted by atomic mass is 9.65. The average Bonchev–Trinajstić information content (AvgIpc) is 3.28. The molecule has 1 aromatic rings. The molecular weight excluding hydrogens is 316 g/mol. The van der Waals surface area contributed by atoms with E-state index in [1.807, 2.05) is 32.0 Å². The lowest BCUT2D eigenvalue weighted by Gasteiger charge is -2.42. The van der Waals surface area contributed by atoms with Crippen molar-refractivity contribution in [2.45, 2.75) is 45.6 Å². The second kappa shape index (κ2) is 7.16. The lowest BCUT2D eigenvalue weighted by molar-refractivity contribution is -0.159. The summed E-state index contributed by atoms with van der Waals surface area (Å²) in [6.07, 6.45) is 4.78. The number of hydrazine groups is 1. The Balaban J connectivity index is 1.70. The van der Waals surface area contributed by atoms with E-state index in [9.17, 15) is 9.59 Å². The molecule has 1 aromatic carbocycles. The van der Waals surface area contributed by atoms with E-state index in [4.69, 9.17) is 4.74 Å². The molecule has 0 heterocycles. The number of esters is 1. The summed E-state index contributed by atoms with van der Waals surface area (Å²) < 4.78 is 5.16. The molecule has 2 saturated carbocycles. The van der Waals surface area contributed by atoms with Gasteiger partial charge in [0.15, 0.2) is 0 Å². The van der Waals surface area contributed by atoms with Crippen LogP contribution in [0.15, 0.2) is 30.3 Å². The summed E-state index contributed by atoms with van der Waals surface area (Å²) in [5.41, 5.74) is 5.76. The van der Waals surface area contributed by atoms with Gasteiger partial charge in [0.25, 0.3) is 5.91 Å². The number of ether oxygens (including phenoxy) is 1. The van der Waals surface area contributed by atoms with Gasteiger partial charge < -0.3 is 4.74 Å². The summed E-state index contributed by atoms with van der Waals surface area (Å²) in [7, 11) is 1.45. The smallest absolute Gasteiger partial charge is 0.313 e. The standard InChI is InChI=1S/C20H28N2O3/c1-13(21-22-18(23)15-7-5-4-6-8-15)20(2,19(24)25-3)17-12-14-9-10-16(17)11-14/h4-8,13-14,16-17,21H,9-12H2,1-3H3,(H,22,23)/t13-,14?,16?,17?,20?/m0/s1. The van der Waals surface area contributed by atoms with Gasteiger partial charge >= 0.3 is 5.97 Å². The Morgan fingerprint density at radius 3 is 2.48 bits per heavy atom. The highest BCUT2D eigenvalue weighted by Crippen LogP contribution is 2.56. The molecule has 0 spiro atoms. The first-order valence-electron chi connectivity index (χ1n) is 9.16. The number of carbonyl (C=O) groups is 2. The van der Waals surface area contributed by atoms with Crippen molar-refractivity contribution in [2.24, 2.45) is 23.2 Å². The molecule has 3 rings (SSSR count). The molecule has 1 amide bonds. The normalized spacial score (nSPS) is 28.2. The molecule has 5 heteroatoms. The van der Waals surface area contributed by atoms with Crippen molar-refractivity contribution in [3.05, 3.63) is 35.9 Å². The van der Waals surface area contributed by atoms with Crippen molar-refractivity contribution >= 4 is 11.9 Å². The molecule has 2 bridgehead atoms. The first-order chi connectivity index (χ1) is 12.0. The Hall–Kier alpha value is -1.88. The third-order valence-electron chi connectivity index (χ3n) is 6.47. The maximum absolute atomic E-state index is 12.7. The fourth-order valence-electron chi connectivity index (χ4n) is 4.83. The van der Waals surface area contributed by atoms with E-state index in [1.165, 1.54) is 26.4 Å². The summed E-state index contributed by atoms with van der Waals surface area (Å²) >= 11 is 0. The van der Waals surface area contributed by atoms with Crippen LogP contribution >= 0.6 is 0 Å².